The van der Waals surface area contributed by atoms with Gasteiger partial charge in [-0.25, -0.2) is 0 Å². The van der Waals surface area contributed by atoms with Crippen LogP contribution >= 0.6 is 0 Å². The molecular formula is C9H17F3N2O2. The standard InChI is InChI=1S/C9H17F3N2O2/c1-8(2,5-7(13)15)14-3-4-16-6-9(10,11)12/h14H,3-6H2,1-2H3,(H2,13,15). The molecule has 0 rings (SSSR count). The summed E-state index contributed by atoms with van der Waals surface area (Å²) in [6, 6.07) is 0. The smallest absolute Gasteiger partial charge is 0.371 e. The molecule has 0 aliphatic heterocycles. The molecule has 0 radical (unpaired) electrons. The minimum atomic E-state index is -4.30. The van der Waals surface area contributed by atoms with Gasteiger partial charge in [-0.3, -0.25) is 4.79 Å². The van der Waals surface area contributed by atoms with Gasteiger partial charge in [0.05, 0.1) is 6.61 Å². The van der Waals surface area contributed by atoms with Crippen LogP contribution in [0.4, 0.5) is 13.2 Å². The van der Waals surface area contributed by atoms with E-state index in [-0.39, 0.29) is 19.6 Å². The Morgan fingerprint density at radius 1 is 1.38 bits per heavy atom. The molecule has 0 aromatic heterocycles. The van der Waals surface area contributed by atoms with Crippen LogP contribution in [0.1, 0.15) is 20.3 Å². The van der Waals surface area contributed by atoms with Crippen LogP contribution in [-0.2, 0) is 9.53 Å². The molecule has 0 aliphatic rings. The van der Waals surface area contributed by atoms with Gasteiger partial charge in [-0.15, -0.1) is 0 Å². The van der Waals surface area contributed by atoms with Crippen molar-refractivity contribution in [3.8, 4) is 0 Å². The lowest BCUT2D eigenvalue weighted by atomic mass is 10.0. The van der Waals surface area contributed by atoms with Crippen LogP contribution in [0.25, 0.3) is 0 Å². The van der Waals surface area contributed by atoms with Gasteiger partial charge in [-0.1, -0.05) is 0 Å². The summed E-state index contributed by atoms with van der Waals surface area (Å²) in [5.74, 6) is -0.464. The fourth-order valence-corrected chi connectivity index (χ4v) is 1.15. The first-order valence-electron chi connectivity index (χ1n) is 4.80. The molecule has 7 heteroatoms. The van der Waals surface area contributed by atoms with Crippen LogP contribution in [-0.4, -0.2) is 37.4 Å². The summed E-state index contributed by atoms with van der Waals surface area (Å²) in [5, 5.41) is 2.88. The van der Waals surface area contributed by atoms with Crippen molar-refractivity contribution in [2.75, 3.05) is 19.8 Å². The first kappa shape index (κ1) is 15.2. The lowest BCUT2D eigenvalue weighted by Gasteiger charge is -2.24. The lowest BCUT2D eigenvalue weighted by Crippen LogP contribution is -2.44. The number of halogens is 3. The van der Waals surface area contributed by atoms with E-state index in [0.29, 0.717) is 0 Å². The maximum absolute atomic E-state index is 11.7. The Kier molecular flexibility index (Phi) is 5.74. The Morgan fingerprint density at radius 3 is 2.38 bits per heavy atom. The summed E-state index contributed by atoms with van der Waals surface area (Å²) in [7, 11) is 0. The van der Waals surface area contributed by atoms with Crippen molar-refractivity contribution in [1.82, 2.24) is 5.32 Å². The van der Waals surface area contributed by atoms with E-state index in [0.717, 1.165) is 0 Å². The normalized spacial score (nSPS) is 12.8. The second-order valence-corrected chi connectivity index (χ2v) is 4.12. The highest BCUT2D eigenvalue weighted by molar-refractivity contribution is 5.74. The monoisotopic (exact) mass is 242 g/mol. The van der Waals surface area contributed by atoms with Crippen LogP contribution in [0.2, 0.25) is 0 Å². The number of amides is 1. The molecule has 0 atom stereocenters. The number of nitrogens with one attached hydrogen (secondary N) is 1. The van der Waals surface area contributed by atoms with Crippen LogP contribution in [0.15, 0.2) is 0 Å². The number of hydrogen-bond donors (Lipinski definition) is 2. The number of nitrogens with two attached hydrogens (primary N) is 1. The van der Waals surface area contributed by atoms with Crippen LogP contribution in [0.3, 0.4) is 0 Å². The van der Waals surface area contributed by atoms with Gasteiger partial charge in [0.1, 0.15) is 6.61 Å². The molecule has 1 amide bonds. The highest BCUT2D eigenvalue weighted by Crippen LogP contribution is 2.14. The SMILES string of the molecule is CC(C)(CC(N)=O)NCCOCC(F)(F)F. The van der Waals surface area contributed by atoms with Gasteiger partial charge in [0, 0.05) is 18.5 Å². The molecule has 0 saturated carbocycles. The molecule has 0 heterocycles. The van der Waals surface area contributed by atoms with Gasteiger partial charge in [-0.2, -0.15) is 13.2 Å². The van der Waals surface area contributed by atoms with Gasteiger partial charge in [0.15, 0.2) is 0 Å². The summed E-state index contributed by atoms with van der Waals surface area (Å²) >= 11 is 0. The second-order valence-electron chi connectivity index (χ2n) is 4.12. The van der Waals surface area contributed by atoms with E-state index in [1.54, 1.807) is 13.8 Å². The van der Waals surface area contributed by atoms with Crippen molar-refractivity contribution in [2.24, 2.45) is 5.73 Å². The van der Waals surface area contributed by atoms with Crippen molar-refractivity contribution < 1.29 is 22.7 Å². The molecule has 0 bridgehead atoms. The molecule has 0 saturated heterocycles. The van der Waals surface area contributed by atoms with Crippen molar-refractivity contribution in [3.05, 3.63) is 0 Å². The van der Waals surface area contributed by atoms with Gasteiger partial charge < -0.3 is 15.8 Å². The van der Waals surface area contributed by atoms with Gasteiger partial charge in [0.25, 0.3) is 0 Å². The summed E-state index contributed by atoms with van der Waals surface area (Å²) in [5.41, 5.74) is 4.47. The van der Waals surface area contributed by atoms with Crippen molar-refractivity contribution in [2.45, 2.75) is 32.0 Å². The third kappa shape index (κ3) is 9.72. The summed E-state index contributed by atoms with van der Waals surface area (Å²) < 4.78 is 39.4. The largest absolute Gasteiger partial charge is 0.411 e. The number of primary amides is 1. The maximum atomic E-state index is 11.7. The Labute approximate surface area is 92.3 Å². The highest BCUT2D eigenvalue weighted by atomic mass is 19.4. The number of hydrogen-bond acceptors (Lipinski definition) is 3. The average Bonchev–Trinajstić information content (AvgIpc) is 1.98. The van der Waals surface area contributed by atoms with Crippen LogP contribution < -0.4 is 11.1 Å². The first-order chi connectivity index (χ1) is 7.12. The van der Waals surface area contributed by atoms with Gasteiger partial charge in [0.2, 0.25) is 5.91 Å². The molecule has 4 nitrogen and oxygen atoms in total. The Hall–Kier alpha value is -0.820. The quantitative estimate of drug-likeness (QED) is 0.649. The molecular weight excluding hydrogens is 225 g/mol. The summed E-state index contributed by atoms with van der Waals surface area (Å²) in [6.45, 7) is 2.38. The van der Waals surface area contributed by atoms with E-state index in [9.17, 15) is 18.0 Å². The second kappa shape index (κ2) is 6.05. The van der Waals surface area contributed by atoms with Crippen molar-refractivity contribution >= 4 is 5.91 Å². The Morgan fingerprint density at radius 2 is 1.94 bits per heavy atom. The van der Waals surface area contributed by atoms with E-state index in [1.807, 2.05) is 0 Å². The summed E-state index contributed by atoms with van der Waals surface area (Å²) in [6.07, 6.45) is -4.19. The fraction of sp³-hybridized carbons (Fsp3) is 0.889. The van der Waals surface area contributed by atoms with E-state index in [4.69, 9.17) is 5.73 Å². The molecule has 3 N–H and O–H groups in total. The zero-order valence-corrected chi connectivity index (χ0v) is 9.36. The topological polar surface area (TPSA) is 64.4 Å². The minimum Gasteiger partial charge on any atom is -0.371 e. The van der Waals surface area contributed by atoms with Crippen molar-refractivity contribution in [1.29, 1.82) is 0 Å². The number of alkyl halides is 3. The number of rotatable bonds is 7. The van der Waals surface area contributed by atoms with Crippen LogP contribution in [0.5, 0.6) is 0 Å². The van der Waals surface area contributed by atoms with E-state index >= 15 is 0 Å². The molecule has 0 aromatic carbocycles. The zero-order valence-electron chi connectivity index (χ0n) is 9.36. The van der Waals surface area contributed by atoms with Gasteiger partial charge >= 0.3 is 6.18 Å². The molecule has 0 unspecified atom stereocenters. The number of carbonyl (C=O) groups is 1. The van der Waals surface area contributed by atoms with Crippen molar-refractivity contribution in [3.63, 3.8) is 0 Å². The highest BCUT2D eigenvalue weighted by Gasteiger charge is 2.27. The first-order valence-corrected chi connectivity index (χ1v) is 4.80. The average molecular weight is 242 g/mol. The number of carbonyl (C=O) groups excluding carboxylic acids is 1. The lowest BCUT2D eigenvalue weighted by molar-refractivity contribution is -0.173. The zero-order chi connectivity index (χ0) is 12.8. The molecule has 96 valence electrons. The van der Waals surface area contributed by atoms with E-state index < -0.39 is 24.2 Å². The fourth-order valence-electron chi connectivity index (χ4n) is 1.15. The van der Waals surface area contributed by atoms with E-state index in [1.165, 1.54) is 0 Å². The minimum absolute atomic E-state index is 0.0678. The molecule has 0 aromatic rings. The Bertz CT molecular complexity index is 229. The third-order valence-corrected chi connectivity index (χ3v) is 1.73. The molecule has 0 spiro atoms. The predicted octanol–water partition coefficient (Wildman–Crippen LogP) is 0.809. The maximum Gasteiger partial charge on any atom is 0.411 e. The van der Waals surface area contributed by atoms with Crippen LogP contribution in [0, 0.1) is 0 Å². The van der Waals surface area contributed by atoms with E-state index in [2.05, 4.69) is 10.1 Å². The molecule has 0 aliphatic carbocycles. The predicted molar refractivity (Wildman–Crippen MR) is 52.8 cm³/mol. The summed E-state index contributed by atoms with van der Waals surface area (Å²) in [4.78, 5) is 10.6. The number of ether oxygens (including phenoxy) is 1. The Balaban J connectivity index is 3.62. The molecule has 16 heavy (non-hydrogen) atoms. The molecule has 0 fully saturated rings. The van der Waals surface area contributed by atoms with Gasteiger partial charge in [-0.05, 0) is 13.8 Å². The third-order valence-electron chi connectivity index (χ3n) is 1.73.